The summed E-state index contributed by atoms with van der Waals surface area (Å²) >= 11 is 0. The molecule has 68 valence electrons. The summed E-state index contributed by atoms with van der Waals surface area (Å²) < 4.78 is 0. The average molecular weight is 167 g/mol. The Labute approximate surface area is 74.3 Å². The van der Waals surface area contributed by atoms with E-state index < -0.39 is 0 Å². The molecule has 0 aliphatic heterocycles. The fraction of sp³-hybridized carbons (Fsp3) is 0.556. The van der Waals surface area contributed by atoms with Crippen LogP contribution in [-0.2, 0) is 0 Å². The molecule has 0 aromatic carbocycles. The first-order valence-corrected chi connectivity index (χ1v) is 3.98. The molecule has 0 aliphatic rings. The predicted octanol–water partition coefficient (Wildman–Crippen LogP) is 1.91. The van der Waals surface area contributed by atoms with Gasteiger partial charge in [-0.05, 0) is 27.5 Å². The van der Waals surface area contributed by atoms with E-state index in [0.29, 0.717) is 5.71 Å². The third kappa shape index (κ3) is 2.49. The molecule has 0 atom stereocenters. The minimum atomic E-state index is 0.540. The molecule has 0 radical (unpaired) electrons. The Bertz CT molecular complexity index is 216. The van der Waals surface area contributed by atoms with E-state index >= 15 is 0 Å². The van der Waals surface area contributed by atoms with Crippen molar-refractivity contribution >= 4 is 12.4 Å². The lowest BCUT2D eigenvalue weighted by atomic mass is 10.2. The van der Waals surface area contributed by atoms with Gasteiger partial charge >= 0.3 is 0 Å². The standard InChI is InChI=1S/C9H17N3/c1-6-12(5)9(11-4)7(2)8(3)10/h10H,4,6H2,1-3,5H3/b9-7+,10-8?. The zero-order valence-electron chi connectivity index (χ0n) is 8.31. The van der Waals surface area contributed by atoms with Crippen molar-refractivity contribution in [3.63, 3.8) is 0 Å². The molecule has 3 heteroatoms. The van der Waals surface area contributed by atoms with Gasteiger partial charge in [0, 0.05) is 24.9 Å². The molecule has 1 N–H and O–H groups in total. The van der Waals surface area contributed by atoms with E-state index in [0.717, 1.165) is 17.9 Å². The third-order valence-corrected chi connectivity index (χ3v) is 1.88. The SMILES string of the molecule is C=N/C(=C(/C)C(C)=N)N(C)CC. The van der Waals surface area contributed by atoms with Crippen molar-refractivity contribution in [3.8, 4) is 0 Å². The predicted molar refractivity (Wildman–Crippen MR) is 54.0 cm³/mol. The van der Waals surface area contributed by atoms with Crippen LogP contribution < -0.4 is 0 Å². The zero-order chi connectivity index (χ0) is 9.72. The first kappa shape index (κ1) is 10.9. The molecule has 0 rings (SSSR count). The van der Waals surface area contributed by atoms with Crippen LogP contribution in [0, 0.1) is 5.41 Å². The van der Waals surface area contributed by atoms with Gasteiger partial charge in [0.05, 0.1) is 0 Å². The Kier molecular flexibility index (Phi) is 4.26. The van der Waals surface area contributed by atoms with Gasteiger partial charge in [-0.3, -0.25) is 0 Å². The van der Waals surface area contributed by atoms with Crippen molar-refractivity contribution in [1.82, 2.24) is 4.90 Å². The fourth-order valence-corrected chi connectivity index (χ4v) is 0.843. The van der Waals surface area contributed by atoms with E-state index in [1.165, 1.54) is 0 Å². The summed E-state index contributed by atoms with van der Waals surface area (Å²) in [4.78, 5) is 5.87. The third-order valence-electron chi connectivity index (χ3n) is 1.88. The van der Waals surface area contributed by atoms with Gasteiger partial charge < -0.3 is 10.3 Å². The summed E-state index contributed by atoms with van der Waals surface area (Å²) in [7, 11) is 1.94. The smallest absolute Gasteiger partial charge is 0.132 e. The van der Waals surface area contributed by atoms with Gasteiger partial charge in [0.25, 0.3) is 0 Å². The number of hydrogen-bond acceptors (Lipinski definition) is 3. The molecule has 0 bridgehead atoms. The van der Waals surface area contributed by atoms with Gasteiger partial charge in [-0.15, -0.1) is 0 Å². The number of nitrogens with one attached hydrogen (secondary N) is 1. The number of allylic oxidation sites excluding steroid dienone is 1. The molecule has 0 saturated carbocycles. The maximum atomic E-state index is 7.43. The highest BCUT2D eigenvalue weighted by Crippen LogP contribution is 2.09. The highest BCUT2D eigenvalue weighted by molar-refractivity contribution is 5.95. The molecular formula is C9H17N3. The Morgan fingerprint density at radius 2 is 2.00 bits per heavy atom. The molecule has 0 heterocycles. The monoisotopic (exact) mass is 167 g/mol. The number of hydrogen-bond donors (Lipinski definition) is 1. The molecule has 0 aromatic rings. The summed E-state index contributed by atoms with van der Waals surface area (Å²) in [5.41, 5.74) is 1.42. The van der Waals surface area contributed by atoms with Crippen molar-refractivity contribution in [1.29, 1.82) is 5.41 Å². The molecule has 0 aliphatic carbocycles. The highest BCUT2D eigenvalue weighted by Gasteiger charge is 2.05. The Morgan fingerprint density at radius 1 is 1.50 bits per heavy atom. The van der Waals surface area contributed by atoms with E-state index in [4.69, 9.17) is 5.41 Å². The highest BCUT2D eigenvalue weighted by atomic mass is 15.2. The minimum Gasteiger partial charge on any atom is -0.360 e. The average Bonchev–Trinajstić information content (AvgIpc) is 2.05. The topological polar surface area (TPSA) is 39.5 Å². The lowest BCUT2D eigenvalue weighted by molar-refractivity contribution is 0.435. The van der Waals surface area contributed by atoms with Gasteiger partial charge in [-0.2, -0.15) is 0 Å². The normalized spacial score (nSPS) is 12.0. The molecule has 0 spiro atoms. The second kappa shape index (κ2) is 4.70. The fourth-order valence-electron chi connectivity index (χ4n) is 0.843. The van der Waals surface area contributed by atoms with Crippen LogP contribution in [0.5, 0.6) is 0 Å². The summed E-state index contributed by atoms with van der Waals surface area (Å²) in [6.07, 6.45) is 0. The first-order chi connectivity index (χ1) is 5.54. The van der Waals surface area contributed by atoms with Gasteiger partial charge in [-0.25, -0.2) is 4.99 Å². The van der Waals surface area contributed by atoms with Crippen LogP contribution in [0.4, 0.5) is 0 Å². The quantitative estimate of drug-likeness (QED) is 0.638. The molecule has 3 nitrogen and oxygen atoms in total. The molecular weight excluding hydrogens is 150 g/mol. The Hall–Kier alpha value is -1.12. The van der Waals surface area contributed by atoms with E-state index in [9.17, 15) is 0 Å². The van der Waals surface area contributed by atoms with E-state index in [1.807, 2.05) is 25.8 Å². The maximum absolute atomic E-state index is 7.43. The van der Waals surface area contributed by atoms with E-state index in [-0.39, 0.29) is 0 Å². The lowest BCUT2D eigenvalue weighted by Gasteiger charge is -2.18. The molecule has 0 saturated heterocycles. The van der Waals surface area contributed by atoms with Gasteiger partial charge in [-0.1, -0.05) is 0 Å². The van der Waals surface area contributed by atoms with Crippen molar-refractivity contribution < 1.29 is 0 Å². The summed E-state index contributed by atoms with van der Waals surface area (Å²) in [6, 6.07) is 0. The van der Waals surface area contributed by atoms with Crippen LogP contribution in [0.15, 0.2) is 16.4 Å². The summed E-state index contributed by atoms with van der Waals surface area (Å²) in [5, 5.41) is 7.43. The first-order valence-electron chi connectivity index (χ1n) is 3.98. The van der Waals surface area contributed by atoms with Crippen molar-refractivity contribution in [2.45, 2.75) is 20.8 Å². The van der Waals surface area contributed by atoms with Crippen LogP contribution in [0.2, 0.25) is 0 Å². The van der Waals surface area contributed by atoms with Crippen LogP contribution in [0.25, 0.3) is 0 Å². The van der Waals surface area contributed by atoms with E-state index in [2.05, 4.69) is 11.7 Å². The molecule has 0 fully saturated rings. The van der Waals surface area contributed by atoms with Crippen molar-refractivity contribution in [2.75, 3.05) is 13.6 Å². The molecule has 12 heavy (non-hydrogen) atoms. The molecule has 0 unspecified atom stereocenters. The van der Waals surface area contributed by atoms with E-state index in [1.54, 1.807) is 6.92 Å². The summed E-state index contributed by atoms with van der Waals surface area (Å²) in [6.45, 7) is 10.0. The van der Waals surface area contributed by atoms with Crippen LogP contribution in [-0.4, -0.2) is 30.9 Å². The number of rotatable bonds is 4. The second-order valence-corrected chi connectivity index (χ2v) is 2.75. The Morgan fingerprint density at radius 3 is 2.25 bits per heavy atom. The summed E-state index contributed by atoms with van der Waals surface area (Å²) in [5.74, 6) is 0.796. The Balaban J connectivity index is 4.85. The largest absolute Gasteiger partial charge is 0.360 e. The number of nitrogens with zero attached hydrogens (tertiary/aromatic N) is 2. The van der Waals surface area contributed by atoms with Crippen molar-refractivity contribution in [2.24, 2.45) is 4.99 Å². The van der Waals surface area contributed by atoms with Crippen LogP contribution in [0.1, 0.15) is 20.8 Å². The molecule has 0 amide bonds. The van der Waals surface area contributed by atoms with Crippen LogP contribution in [0.3, 0.4) is 0 Å². The number of aliphatic imine (C=N–C) groups is 1. The van der Waals surface area contributed by atoms with Crippen LogP contribution >= 0.6 is 0 Å². The second-order valence-electron chi connectivity index (χ2n) is 2.75. The van der Waals surface area contributed by atoms with Gasteiger partial charge in [0.15, 0.2) is 0 Å². The lowest BCUT2D eigenvalue weighted by Crippen LogP contribution is -2.18. The van der Waals surface area contributed by atoms with Gasteiger partial charge in [0.2, 0.25) is 0 Å². The zero-order valence-corrected chi connectivity index (χ0v) is 8.31. The van der Waals surface area contributed by atoms with Gasteiger partial charge in [0.1, 0.15) is 5.82 Å². The maximum Gasteiger partial charge on any atom is 0.132 e. The van der Waals surface area contributed by atoms with Crippen molar-refractivity contribution in [3.05, 3.63) is 11.4 Å². The molecule has 0 aromatic heterocycles. The minimum absolute atomic E-state index is 0.540.